The number of aryl methyl sites for hydroxylation is 1. The van der Waals surface area contributed by atoms with Crippen LogP contribution < -0.4 is 15.4 Å². The Balaban J connectivity index is 0.00000180. The third-order valence-corrected chi connectivity index (χ3v) is 3.17. The van der Waals surface area contributed by atoms with Crippen molar-refractivity contribution in [1.29, 1.82) is 0 Å². The predicted octanol–water partition coefficient (Wildman–Crippen LogP) is 1.76. The van der Waals surface area contributed by atoms with E-state index < -0.39 is 0 Å². The molecule has 19 heavy (non-hydrogen) atoms. The fraction of sp³-hybridized carbons (Fsp3) is 0.500. The van der Waals surface area contributed by atoms with Gasteiger partial charge in [0.1, 0.15) is 5.75 Å². The van der Waals surface area contributed by atoms with Crippen molar-refractivity contribution in [1.82, 2.24) is 10.6 Å². The van der Waals surface area contributed by atoms with Gasteiger partial charge in [-0.3, -0.25) is 4.79 Å². The second-order valence-corrected chi connectivity index (χ2v) is 4.65. The van der Waals surface area contributed by atoms with Crippen LogP contribution in [0.1, 0.15) is 22.8 Å². The Labute approximate surface area is 120 Å². The topological polar surface area (TPSA) is 50.4 Å². The minimum absolute atomic E-state index is 0. The van der Waals surface area contributed by atoms with E-state index in [0.717, 1.165) is 30.9 Å². The summed E-state index contributed by atoms with van der Waals surface area (Å²) in [6, 6.07) is 5.57. The second-order valence-electron chi connectivity index (χ2n) is 4.65. The van der Waals surface area contributed by atoms with Crippen LogP contribution in [0.4, 0.5) is 0 Å². The summed E-state index contributed by atoms with van der Waals surface area (Å²) in [7, 11) is 0. The molecule has 1 fully saturated rings. The molecule has 0 aliphatic carbocycles. The second kappa shape index (κ2) is 7.36. The maximum atomic E-state index is 12.0. The SMILES string of the molecule is CCOc1cc(C(=O)NCC2CNC2)ccc1C.Cl. The van der Waals surface area contributed by atoms with Gasteiger partial charge in [0.05, 0.1) is 6.61 Å². The fourth-order valence-corrected chi connectivity index (χ4v) is 1.88. The maximum Gasteiger partial charge on any atom is 0.251 e. The standard InChI is InChI=1S/C14H20N2O2.ClH/c1-3-18-13-6-12(5-4-10(13)2)14(17)16-9-11-7-15-8-11;/h4-6,11,15H,3,7-9H2,1-2H3,(H,16,17);1H. The number of hydrogen-bond donors (Lipinski definition) is 2. The molecule has 0 radical (unpaired) electrons. The number of carbonyl (C=O) groups excluding carboxylic acids is 1. The van der Waals surface area contributed by atoms with Crippen LogP contribution >= 0.6 is 12.4 Å². The van der Waals surface area contributed by atoms with Gasteiger partial charge < -0.3 is 15.4 Å². The summed E-state index contributed by atoms with van der Waals surface area (Å²) in [5.41, 5.74) is 1.72. The number of carbonyl (C=O) groups is 1. The van der Waals surface area contributed by atoms with Gasteiger partial charge in [-0.1, -0.05) is 6.07 Å². The van der Waals surface area contributed by atoms with E-state index in [9.17, 15) is 4.79 Å². The monoisotopic (exact) mass is 284 g/mol. The highest BCUT2D eigenvalue weighted by Gasteiger charge is 2.17. The molecule has 2 rings (SSSR count). The molecule has 106 valence electrons. The van der Waals surface area contributed by atoms with Gasteiger partial charge in [0.2, 0.25) is 0 Å². The molecule has 1 heterocycles. The van der Waals surface area contributed by atoms with Gasteiger partial charge in [0, 0.05) is 31.1 Å². The molecular formula is C14H21ClN2O2. The number of ether oxygens (including phenoxy) is 1. The van der Waals surface area contributed by atoms with Crippen LogP contribution in [0.3, 0.4) is 0 Å². The van der Waals surface area contributed by atoms with Gasteiger partial charge in [-0.05, 0) is 31.5 Å². The van der Waals surface area contributed by atoms with E-state index in [1.165, 1.54) is 0 Å². The van der Waals surface area contributed by atoms with Crippen molar-refractivity contribution < 1.29 is 9.53 Å². The van der Waals surface area contributed by atoms with Crippen molar-refractivity contribution in [2.45, 2.75) is 13.8 Å². The van der Waals surface area contributed by atoms with Crippen molar-refractivity contribution in [2.24, 2.45) is 5.92 Å². The van der Waals surface area contributed by atoms with Crippen molar-refractivity contribution in [3.05, 3.63) is 29.3 Å². The quantitative estimate of drug-likeness (QED) is 0.866. The molecule has 4 nitrogen and oxygen atoms in total. The van der Waals surface area contributed by atoms with E-state index in [2.05, 4.69) is 10.6 Å². The largest absolute Gasteiger partial charge is 0.494 e. The Bertz CT molecular complexity index is 433. The van der Waals surface area contributed by atoms with Gasteiger partial charge in [-0.25, -0.2) is 0 Å². The van der Waals surface area contributed by atoms with Gasteiger partial charge in [0.25, 0.3) is 5.91 Å². The molecule has 0 bridgehead atoms. The van der Waals surface area contributed by atoms with E-state index in [1.807, 2.05) is 32.0 Å². The lowest BCUT2D eigenvalue weighted by Crippen LogP contribution is -2.48. The molecule has 1 amide bonds. The first-order valence-electron chi connectivity index (χ1n) is 6.43. The summed E-state index contributed by atoms with van der Waals surface area (Å²) in [4.78, 5) is 12.0. The molecule has 0 saturated carbocycles. The summed E-state index contributed by atoms with van der Waals surface area (Å²) in [6.45, 7) is 7.27. The van der Waals surface area contributed by atoms with E-state index in [0.29, 0.717) is 18.1 Å². The molecular weight excluding hydrogens is 264 g/mol. The minimum atomic E-state index is -0.0251. The minimum Gasteiger partial charge on any atom is -0.494 e. The summed E-state index contributed by atoms with van der Waals surface area (Å²) >= 11 is 0. The first kappa shape index (κ1) is 15.8. The molecule has 1 aromatic carbocycles. The first-order valence-corrected chi connectivity index (χ1v) is 6.43. The smallest absolute Gasteiger partial charge is 0.251 e. The Morgan fingerprint density at radius 2 is 2.21 bits per heavy atom. The zero-order valence-corrected chi connectivity index (χ0v) is 12.2. The third-order valence-electron chi connectivity index (χ3n) is 3.17. The number of hydrogen-bond acceptors (Lipinski definition) is 3. The van der Waals surface area contributed by atoms with Gasteiger partial charge in [-0.15, -0.1) is 12.4 Å². The lowest BCUT2D eigenvalue weighted by Gasteiger charge is -2.27. The van der Waals surface area contributed by atoms with E-state index in [1.54, 1.807) is 0 Å². The highest BCUT2D eigenvalue weighted by molar-refractivity contribution is 5.94. The third kappa shape index (κ3) is 4.11. The Hall–Kier alpha value is -1.26. The summed E-state index contributed by atoms with van der Waals surface area (Å²) in [5, 5.41) is 6.14. The van der Waals surface area contributed by atoms with Crippen LogP contribution in [0.2, 0.25) is 0 Å². The van der Waals surface area contributed by atoms with Crippen molar-refractivity contribution in [3.63, 3.8) is 0 Å². The van der Waals surface area contributed by atoms with Crippen molar-refractivity contribution >= 4 is 18.3 Å². The molecule has 5 heteroatoms. The lowest BCUT2D eigenvalue weighted by molar-refractivity contribution is 0.0941. The zero-order chi connectivity index (χ0) is 13.0. The zero-order valence-electron chi connectivity index (χ0n) is 11.4. The van der Waals surface area contributed by atoms with Crippen molar-refractivity contribution in [3.8, 4) is 5.75 Å². The molecule has 0 spiro atoms. The summed E-state index contributed by atoms with van der Waals surface area (Å²) < 4.78 is 5.50. The van der Waals surface area contributed by atoms with E-state index in [4.69, 9.17) is 4.74 Å². The number of halogens is 1. The molecule has 2 N–H and O–H groups in total. The van der Waals surface area contributed by atoms with E-state index >= 15 is 0 Å². The van der Waals surface area contributed by atoms with Gasteiger partial charge in [-0.2, -0.15) is 0 Å². The molecule has 1 aliphatic heterocycles. The van der Waals surface area contributed by atoms with Crippen molar-refractivity contribution in [2.75, 3.05) is 26.2 Å². The lowest BCUT2D eigenvalue weighted by atomic mass is 10.0. The van der Waals surface area contributed by atoms with Crippen LogP contribution in [0.5, 0.6) is 5.75 Å². The number of nitrogens with one attached hydrogen (secondary N) is 2. The normalized spacial score (nSPS) is 14.2. The highest BCUT2D eigenvalue weighted by Crippen LogP contribution is 2.19. The Morgan fingerprint density at radius 3 is 2.79 bits per heavy atom. The highest BCUT2D eigenvalue weighted by atomic mass is 35.5. The van der Waals surface area contributed by atoms with Crippen LogP contribution in [-0.2, 0) is 0 Å². The van der Waals surface area contributed by atoms with Crippen LogP contribution in [-0.4, -0.2) is 32.1 Å². The molecule has 1 saturated heterocycles. The Morgan fingerprint density at radius 1 is 1.47 bits per heavy atom. The molecule has 0 aromatic heterocycles. The molecule has 1 aromatic rings. The fourth-order valence-electron chi connectivity index (χ4n) is 1.88. The van der Waals surface area contributed by atoms with Gasteiger partial charge >= 0.3 is 0 Å². The summed E-state index contributed by atoms with van der Waals surface area (Å²) in [6.07, 6.45) is 0. The average Bonchev–Trinajstić information content (AvgIpc) is 2.30. The molecule has 1 aliphatic rings. The van der Waals surface area contributed by atoms with Gasteiger partial charge in [0.15, 0.2) is 0 Å². The first-order chi connectivity index (χ1) is 8.70. The predicted molar refractivity (Wildman–Crippen MR) is 78.3 cm³/mol. The maximum absolute atomic E-state index is 12.0. The van der Waals surface area contributed by atoms with Crippen LogP contribution in [0.15, 0.2) is 18.2 Å². The number of rotatable bonds is 5. The summed E-state index contributed by atoms with van der Waals surface area (Å²) in [5.74, 6) is 1.34. The Kier molecular flexibility index (Phi) is 6.12. The van der Waals surface area contributed by atoms with Crippen LogP contribution in [0.25, 0.3) is 0 Å². The number of benzene rings is 1. The average molecular weight is 285 g/mol. The van der Waals surface area contributed by atoms with E-state index in [-0.39, 0.29) is 18.3 Å². The number of amides is 1. The van der Waals surface area contributed by atoms with Crippen LogP contribution in [0, 0.1) is 12.8 Å². The molecule has 0 atom stereocenters. The molecule has 0 unspecified atom stereocenters.